The van der Waals surface area contributed by atoms with Gasteiger partial charge in [-0.3, -0.25) is 0 Å². The van der Waals surface area contributed by atoms with Crippen LogP contribution in [-0.2, 0) is 11.3 Å². The number of para-hydroxylation sites is 1. The Kier molecular flexibility index (Phi) is 6.29. The minimum atomic E-state index is -0.502. The van der Waals surface area contributed by atoms with Crippen molar-refractivity contribution in [3.63, 3.8) is 0 Å². The summed E-state index contributed by atoms with van der Waals surface area (Å²) in [6.07, 6.45) is 0.353. The zero-order valence-corrected chi connectivity index (χ0v) is 18.6. The highest BCUT2D eigenvalue weighted by Gasteiger charge is 2.19. The zero-order chi connectivity index (χ0) is 21.9. The van der Waals surface area contributed by atoms with E-state index in [-0.39, 0.29) is 0 Å². The molecule has 7 nitrogen and oxygen atoms in total. The lowest BCUT2D eigenvalue weighted by Gasteiger charge is -2.19. The van der Waals surface area contributed by atoms with Crippen LogP contribution in [0.15, 0.2) is 30.3 Å². The van der Waals surface area contributed by atoms with E-state index in [0.29, 0.717) is 19.0 Å². The van der Waals surface area contributed by atoms with Crippen LogP contribution in [-0.4, -0.2) is 32.8 Å². The molecule has 0 radical (unpaired) electrons. The Hall–Kier alpha value is -3.09. The monoisotopic (exact) mass is 410 g/mol. The summed E-state index contributed by atoms with van der Waals surface area (Å²) in [6.45, 7) is 12.8. The molecule has 0 spiro atoms. The number of carbonyl (C=O) groups excluding carboxylic acids is 1. The molecular formula is C23H30N4O3. The standard InChI is InChI=1S/C23H30N4O3/c1-15-16(2)25-21(29-18-11-8-7-9-12-18)19-20(15)27(17(3)26-19)14-10-13-24-22(28)30-23(4,5)6/h7-9,11-12H,10,13-14H2,1-6H3,(H,24,28). The molecule has 0 saturated heterocycles. The average Bonchev–Trinajstić information content (AvgIpc) is 2.99. The molecule has 0 fully saturated rings. The molecule has 1 amide bonds. The summed E-state index contributed by atoms with van der Waals surface area (Å²) in [5.74, 6) is 2.12. The topological polar surface area (TPSA) is 78.3 Å². The van der Waals surface area contributed by atoms with Crippen LogP contribution in [0.25, 0.3) is 11.0 Å². The third-order valence-corrected chi connectivity index (χ3v) is 4.71. The SMILES string of the molecule is Cc1nc(Oc2ccccc2)c2nc(C)n(CCCNC(=O)OC(C)(C)C)c2c1C. The molecule has 0 aliphatic heterocycles. The van der Waals surface area contributed by atoms with Crippen molar-refractivity contribution in [3.05, 3.63) is 47.4 Å². The summed E-state index contributed by atoms with van der Waals surface area (Å²) in [5.41, 5.74) is 3.24. The molecule has 2 heterocycles. The zero-order valence-electron chi connectivity index (χ0n) is 18.6. The number of alkyl carbamates (subject to hydrolysis) is 1. The van der Waals surface area contributed by atoms with E-state index >= 15 is 0 Å². The molecule has 2 aromatic heterocycles. The number of fused-ring (bicyclic) bond motifs is 1. The minimum absolute atomic E-state index is 0.399. The van der Waals surface area contributed by atoms with Gasteiger partial charge in [0, 0.05) is 18.8 Å². The van der Waals surface area contributed by atoms with Crippen molar-refractivity contribution in [1.82, 2.24) is 19.9 Å². The number of imidazole rings is 1. The van der Waals surface area contributed by atoms with Crippen molar-refractivity contribution in [2.75, 3.05) is 6.54 Å². The van der Waals surface area contributed by atoms with E-state index in [0.717, 1.165) is 40.3 Å². The maximum Gasteiger partial charge on any atom is 0.407 e. The Morgan fingerprint density at radius 2 is 1.80 bits per heavy atom. The van der Waals surface area contributed by atoms with Gasteiger partial charge in [-0.25, -0.2) is 14.8 Å². The predicted octanol–water partition coefficient (Wildman–Crippen LogP) is 5.06. The smallest absolute Gasteiger partial charge is 0.407 e. The van der Waals surface area contributed by atoms with Crippen molar-refractivity contribution in [3.8, 4) is 11.6 Å². The van der Waals surface area contributed by atoms with E-state index in [1.54, 1.807) is 0 Å². The molecule has 1 aromatic carbocycles. The van der Waals surface area contributed by atoms with Crippen LogP contribution in [0.5, 0.6) is 11.6 Å². The van der Waals surface area contributed by atoms with Gasteiger partial charge < -0.3 is 19.4 Å². The van der Waals surface area contributed by atoms with E-state index in [1.165, 1.54) is 0 Å². The van der Waals surface area contributed by atoms with Crippen molar-refractivity contribution in [2.24, 2.45) is 0 Å². The number of carbonyl (C=O) groups is 1. The second-order valence-electron chi connectivity index (χ2n) is 8.33. The van der Waals surface area contributed by atoms with Gasteiger partial charge in [0.05, 0.1) is 5.52 Å². The van der Waals surface area contributed by atoms with Gasteiger partial charge in [0.15, 0.2) is 5.52 Å². The second-order valence-corrected chi connectivity index (χ2v) is 8.33. The highest BCUT2D eigenvalue weighted by Crippen LogP contribution is 2.31. The third-order valence-electron chi connectivity index (χ3n) is 4.71. The normalized spacial score (nSPS) is 11.5. The maximum atomic E-state index is 11.8. The number of hydrogen-bond acceptors (Lipinski definition) is 5. The van der Waals surface area contributed by atoms with Crippen LogP contribution in [0.1, 0.15) is 44.3 Å². The van der Waals surface area contributed by atoms with Gasteiger partial charge in [-0.1, -0.05) is 18.2 Å². The number of aryl methyl sites for hydroxylation is 4. The van der Waals surface area contributed by atoms with Crippen molar-refractivity contribution < 1.29 is 14.3 Å². The highest BCUT2D eigenvalue weighted by molar-refractivity contribution is 5.85. The number of pyridine rings is 1. The molecule has 0 saturated carbocycles. The molecule has 0 atom stereocenters. The number of benzene rings is 1. The lowest BCUT2D eigenvalue weighted by atomic mass is 10.2. The molecule has 160 valence electrons. The number of nitrogens with one attached hydrogen (secondary N) is 1. The molecule has 7 heteroatoms. The van der Waals surface area contributed by atoms with Gasteiger partial charge in [0.2, 0.25) is 5.88 Å². The van der Waals surface area contributed by atoms with Crippen LogP contribution in [0, 0.1) is 20.8 Å². The van der Waals surface area contributed by atoms with Crippen LogP contribution in [0.3, 0.4) is 0 Å². The number of hydrogen-bond donors (Lipinski definition) is 1. The van der Waals surface area contributed by atoms with Gasteiger partial charge in [0.1, 0.15) is 17.2 Å². The van der Waals surface area contributed by atoms with Crippen molar-refractivity contribution in [1.29, 1.82) is 0 Å². The Bertz CT molecular complexity index is 1040. The van der Waals surface area contributed by atoms with Gasteiger partial charge in [-0.2, -0.15) is 0 Å². The summed E-state index contributed by atoms with van der Waals surface area (Å²) >= 11 is 0. The fourth-order valence-corrected chi connectivity index (χ4v) is 3.24. The third kappa shape index (κ3) is 5.09. The minimum Gasteiger partial charge on any atom is -0.444 e. The van der Waals surface area contributed by atoms with E-state index in [1.807, 2.05) is 71.9 Å². The molecule has 3 rings (SSSR count). The summed E-state index contributed by atoms with van der Waals surface area (Å²) < 4.78 is 13.5. The largest absolute Gasteiger partial charge is 0.444 e. The summed E-state index contributed by atoms with van der Waals surface area (Å²) in [4.78, 5) is 21.2. The van der Waals surface area contributed by atoms with Gasteiger partial charge in [-0.05, 0) is 65.7 Å². The number of amides is 1. The molecule has 0 bridgehead atoms. The Morgan fingerprint density at radius 3 is 2.47 bits per heavy atom. The fourth-order valence-electron chi connectivity index (χ4n) is 3.24. The average molecular weight is 411 g/mol. The van der Waals surface area contributed by atoms with Crippen LogP contribution >= 0.6 is 0 Å². The van der Waals surface area contributed by atoms with Crippen molar-refractivity contribution >= 4 is 17.1 Å². The quantitative estimate of drug-likeness (QED) is 0.575. The van der Waals surface area contributed by atoms with Gasteiger partial charge >= 0.3 is 6.09 Å². The van der Waals surface area contributed by atoms with Crippen LogP contribution in [0.2, 0.25) is 0 Å². The molecule has 0 aliphatic carbocycles. The van der Waals surface area contributed by atoms with E-state index < -0.39 is 11.7 Å². The van der Waals surface area contributed by atoms with E-state index in [2.05, 4.69) is 14.9 Å². The highest BCUT2D eigenvalue weighted by atomic mass is 16.6. The van der Waals surface area contributed by atoms with E-state index in [4.69, 9.17) is 14.5 Å². The number of rotatable bonds is 6. The lowest BCUT2D eigenvalue weighted by Crippen LogP contribution is -2.33. The summed E-state index contributed by atoms with van der Waals surface area (Å²) in [7, 11) is 0. The van der Waals surface area contributed by atoms with Crippen LogP contribution in [0.4, 0.5) is 4.79 Å². The van der Waals surface area contributed by atoms with Gasteiger partial charge in [0.25, 0.3) is 0 Å². The fraction of sp³-hybridized carbons (Fsp3) is 0.435. The lowest BCUT2D eigenvalue weighted by molar-refractivity contribution is 0.0526. The molecule has 3 aromatic rings. The number of aromatic nitrogens is 3. The Morgan fingerprint density at radius 1 is 1.10 bits per heavy atom. The first-order valence-corrected chi connectivity index (χ1v) is 10.2. The molecule has 30 heavy (non-hydrogen) atoms. The molecule has 0 unspecified atom stereocenters. The first-order chi connectivity index (χ1) is 14.2. The van der Waals surface area contributed by atoms with Gasteiger partial charge in [-0.15, -0.1) is 0 Å². The Balaban J connectivity index is 1.79. The van der Waals surface area contributed by atoms with Crippen molar-refractivity contribution in [2.45, 2.75) is 60.1 Å². The molecule has 1 N–H and O–H groups in total. The summed E-state index contributed by atoms with van der Waals surface area (Å²) in [5, 5.41) is 2.81. The number of nitrogens with zero attached hydrogens (tertiary/aromatic N) is 3. The molecule has 0 aliphatic rings. The summed E-state index contributed by atoms with van der Waals surface area (Å²) in [6, 6.07) is 9.59. The second kappa shape index (κ2) is 8.73. The number of ether oxygens (including phenoxy) is 2. The maximum absolute atomic E-state index is 11.8. The van der Waals surface area contributed by atoms with E-state index in [9.17, 15) is 4.79 Å². The Labute approximate surface area is 177 Å². The van der Waals surface area contributed by atoms with Crippen LogP contribution < -0.4 is 10.1 Å². The molecular weight excluding hydrogens is 380 g/mol. The first-order valence-electron chi connectivity index (χ1n) is 10.2. The predicted molar refractivity (Wildman–Crippen MR) is 117 cm³/mol. The first kappa shape index (κ1) is 21.6.